The van der Waals surface area contributed by atoms with E-state index in [9.17, 15) is 9.59 Å². The normalized spacial score (nSPS) is 42.0. The van der Waals surface area contributed by atoms with Gasteiger partial charge in [0.15, 0.2) is 0 Å². The minimum atomic E-state index is -0.0715. The Morgan fingerprint density at radius 3 is 2.61 bits per heavy atom. The molecule has 5 heteroatoms. The number of rotatable bonds is 4. The van der Waals surface area contributed by atoms with E-state index in [2.05, 4.69) is 31.4 Å². The molecule has 1 heterocycles. The Bertz CT molecular complexity index is 914. The van der Waals surface area contributed by atoms with Gasteiger partial charge in [-0.15, -0.1) is 0 Å². The first-order valence-electron chi connectivity index (χ1n) is 13.0. The van der Waals surface area contributed by atoms with Crippen LogP contribution in [0.3, 0.4) is 0 Å². The average molecular weight is 453 g/mol. The highest BCUT2D eigenvalue weighted by atomic mass is 16.5. The lowest BCUT2D eigenvalue weighted by Gasteiger charge is -2.60. The van der Waals surface area contributed by atoms with Crippen LogP contribution < -0.4 is 10.6 Å². The van der Waals surface area contributed by atoms with Gasteiger partial charge in [0.2, 0.25) is 11.8 Å². The molecule has 4 fully saturated rings. The van der Waals surface area contributed by atoms with Crippen molar-refractivity contribution in [3.8, 4) is 0 Å². The molecule has 2 amide bonds. The summed E-state index contributed by atoms with van der Waals surface area (Å²) in [5.41, 5.74) is 2.36. The number of hydrogen-bond acceptors (Lipinski definition) is 3. The third-order valence-electron chi connectivity index (χ3n) is 10.1. The number of carbonyl (C=O) groups excluding carboxylic acids is 2. The van der Waals surface area contributed by atoms with Gasteiger partial charge in [-0.25, -0.2) is 0 Å². The Kier molecular flexibility index (Phi) is 5.83. The summed E-state index contributed by atoms with van der Waals surface area (Å²) in [6, 6.07) is 8.24. The molecule has 8 atom stereocenters. The van der Waals surface area contributed by atoms with Crippen molar-refractivity contribution in [1.29, 1.82) is 0 Å². The number of hydrogen-bond donors (Lipinski definition) is 2. The molecule has 4 unspecified atom stereocenters. The van der Waals surface area contributed by atoms with Gasteiger partial charge >= 0.3 is 0 Å². The zero-order valence-corrected chi connectivity index (χ0v) is 20.7. The van der Waals surface area contributed by atoms with Crippen LogP contribution in [-0.2, 0) is 14.3 Å². The lowest BCUT2D eigenvalue weighted by molar-refractivity contribution is -0.145. The zero-order chi connectivity index (χ0) is 23.4. The molecule has 180 valence electrons. The van der Waals surface area contributed by atoms with Crippen LogP contribution in [0.15, 0.2) is 24.3 Å². The third kappa shape index (κ3) is 3.90. The predicted octanol–water partition coefficient (Wildman–Crippen LogP) is 5.09. The highest BCUT2D eigenvalue weighted by molar-refractivity contribution is 5.91. The Morgan fingerprint density at radius 1 is 1.09 bits per heavy atom. The Hall–Kier alpha value is -1.88. The highest BCUT2D eigenvalue weighted by Gasteiger charge is 2.62. The number of fused-ring (bicyclic) bond motifs is 5. The summed E-state index contributed by atoms with van der Waals surface area (Å²) in [5.74, 6) is 2.67. The fraction of sp³-hybridized carbons (Fsp3) is 0.714. The van der Waals surface area contributed by atoms with Crippen LogP contribution in [0, 0.1) is 41.4 Å². The molecule has 5 nitrogen and oxygen atoms in total. The molecule has 2 N–H and O–H groups in total. The van der Waals surface area contributed by atoms with Gasteiger partial charge in [0.1, 0.15) is 6.61 Å². The molecule has 1 saturated heterocycles. The molecule has 5 rings (SSSR count). The molecule has 0 radical (unpaired) electrons. The van der Waals surface area contributed by atoms with Crippen molar-refractivity contribution in [3.05, 3.63) is 29.8 Å². The van der Waals surface area contributed by atoms with Crippen molar-refractivity contribution < 1.29 is 14.3 Å². The van der Waals surface area contributed by atoms with Crippen LogP contribution in [-0.4, -0.2) is 30.6 Å². The van der Waals surface area contributed by atoms with Crippen LogP contribution in [0.5, 0.6) is 0 Å². The Balaban J connectivity index is 1.26. The maximum Gasteiger partial charge on any atom is 0.250 e. The predicted molar refractivity (Wildman–Crippen MR) is 130 cm³/mol. The molecule has 1 aromatic rings. The molecule has 3 aliphatic carbocycles. The molecular weight excluding hydrogens is 412 g/mol. The summed E-state index contributed by atoms with van der Waals surface area (Å²) in [7, 11) is 0. The van der Waals surface area contributed by atoms with Crippen molar-refractivity contribution >= 4 is 17.5 Å². The molecule has 1 aliphatic heterocycles. The number of ether oxygens (including phenoxy) is 1. The van der Waals surface area contributed by atoms with Gasteiger partial charge in [-0.05, 0) is 92.1 Å². The zero-order valence-electron chi connectivity index (χ0n) is 20.7. The smallest absolute Gasteiger partial charge is 0.250 e. The van der Waals surface area contributed by atoms with Crippen molar-refractivity contribution in [2.24, 2.45) is 34.5 Å². The quantitative estimate of drug-likeness (QED) is 0.669. The highest BCUT2D eigenvalue weighted by Crippen LogP contribution is 2.65. The standard InChI is InChI=1S/C28H40N2O3/c1-17-5-7-19(8-6-17)29-25(32)16-33-26-18(2)15-22-20-9-10-23-27(3,14-12-24(31)30-23)21(20)11-13-28(22,26)4/h5-8,18,20-23,26H,9-16H2,1-4H3,(H,29,32)(H,30,31)/t18?,20?,21?,22?,23-,26+,27-,28+/m1/s1. The van der Waals surface area contributed by atoms with Gasteiger partial charge in [-0.1, -0.05) is 38.5 Å². The molecule has 3 saturated carbocycles. The molecule has 33 heavy (non-hydrogen) atoms. The number of carbonyl (C=O) groups is 2. The van der Waals surface area contributed by atoms with Crippen molar-refractivity contribution in [1.82, 2.24) is 5.32 Å². The van der Waals surface area contributed by atoms with Crippen LogP contribution in [0.2, 0.25) is 0 Å². The van der Waals surface area contributed by atoms with Gasteiger partial charge in [-0.3, -0.25) is 9.59 Å². The maximum absolute atomic E-state index is 12.6. The average Bonchev–Trinajstić information content (AvgIpc) is 3.04. The lowest BCUT2D eigenvalue weighted by Crippen LogP contribution is -2.61. The van der Waals surface area contributed by atoms with E-state index in [4.69, 9.17) is 4.74 Å². The van der Waals surface area contributed by atoms with Crippen molar-refractivity contribution in [2.75, 3.05) is 11.9 Å². The minimum Gasteiger partial charge on any atom is -0.368 e. The Morgan fingerprint density at radius 2 is 1.85 bits per heavy atom. The van der Waals surface area contributed by atoms with E-state index in [0.717, 1.165) is 24.9 Å². The van der Waals surface area contributed by atoms with Crippen molar-refractivity contribution in [2.45, 2.75) is 84.8 Å². The summed E-state index contributed by atoms with van der Waals surface area (Å²) < 4.78 is 6.40. The van der Waals surface area contributed by atoms with E-state index in [1.165, 1.54) is 24.8 Å². The first-order chi connectivity index (χ1) is 15.7. The van der Waals surface area contributed by atoms with Gasteiger partial charge < -0.3 is 15.4 Å². The number of nitrogens with one attached hydrogen (secondary N) is 2. The van der Waals surface area contributed by atoms with E-state index in [0.29, 0.717) is 36.1 Å². The third-order valence-corrected chi connectivity index (χ3v) is 10.1. The maximum atomic E-state index is 12.6. The van der Waals surface area contributed by atoms with Gasteiger partial charge in [0.05, 0.1) is 6.10 Å². The lowest BCUT2D eigenvalue weighted by atomic mass is 9.47. The fourth-order valence-corrected chi connectivity index (χ4v) is 8.38. The van der Waals surface area contributed by atoms with E-state index >= 15 is 0 Å². The monoisotopic (exact) mass is 452 g/mol. The number of aryl methyl sites for hydroxylation is 1. The minimum absolute atomic E-state index is 0.0715. The summed E-state index contributed by atoms with van der Waals surface area (Å²) in [4.78, 5) is 24.6. The summed E-state index contributed by atoms with van der Waals surface area (Å²) >= 11 is 0. The van der Waals surface area contributed by atoms with Crippen LogP contribution in [0.1, 0.15) is 71.3 Å². The molecular formula is C28H40N2O3. The molecule has 1 aromatic carbocycles. The van der Waals surface area contributed by atoms with Crippen LogP contribution >= 0.6 is 0 Å². The first-order valence-corrected chi connectivity index (χ1v) is 13.0. The van der Waals surface area contributed by atoms with Gasteiger partial charge in [-0.2, -0.15) is 0 Å². The van der Waals surface area contributed by atoms with E-state index in [-0.39, 0.29) is 35.4 Å². The fourth-order valence-electron chi connectivity index (χ4n) is 8.38. The number of anilines is 1. The van der Waals surface area contributed by atoms with Crippen molar-refractivity contribution in [3.63, 3.8) is 0 Å². The Labute approximate surface area is 198 Å². The second-order valence-corrected chi connectivity index (χ2v) is 12.0. The van der Waals surface area contributed by atoms with E-state index in [1.54, 1.807) is 0 Å². The molecule has 4 aliphatic rings. The van der Waals surface area contributed by atoms with Crippen LogP contribution in [0.4, 0.5) is 5.69 Å². The second kappa shape index (κ2) is 8.41. The van der Waals surface area contributed by atoms with E-state index in [1.807, 2.05) is 31.2 Å². The SMILES string of the molecule is Cc1ccc(NC(=O)CO[C@H]2C(C)CC3C4CC[C@H]5NC(=O)CC[C@]5(C)C4CC[C@@]32C)cc1. The number of piperidine rings is 1. The molecule has 0 aromatic heterocycles. The second-order valence-electron chi connectivity index (χ2n) is 12.0. The number of amides is 2. The molecule has 0 bridgehead atoms. The van der Waals surface area contributed by atoms with Gasteiger partial charge in [0, 0.05) is 18.2 Å². The number of benzene rings is 1. The van der Waals surface area contributed by atoms with E-state index < -0.39 is 0 Å². The molecule has 0 spiro atoms. The van der Waals surface area contributed by atoms with Crippen LogP contribution in [0.25, 0.3) is 0 Å². The topological polar surface area (TPSA) is 67.4 Å². The first kappa shape index (κ1) is 22.9. The largest absolute Gasteiger partial charge is 0.368 e. The summed E-state index contributed by atoms with van der Waals surface area (Å²) in [6.07, 6.45) is 7.71. The summed E-state index contributed by atoms with van der Waals surface area (Å²) in [5, 5.41) is 6.31. The van der Waals surface area contributed by atoms with Gasteiger partial charge in [0.25, 0.3) is 0 Å². The summed E-state index contributed by atoms with van der Waals surface area (Å²) in [6.45, 7) is 9.34.